The molecule has 3 heterocycles. The lowest BCUT2D eigenvalue weighted by Gasteiger charge is -2.25. The molecule has 118 valence electrons. The molecule has 0 aromatic carbocycles. The van der Waals surface area contributed by atoms with Crippen LogP contribution < -0.4 is 5.32 Å². The van der Waals surface area contributed by atoms with E-state index >= 15 is 0 Å². The van der Waals surface area contributed by atoms with E-state index < -0.39 is 0 Å². The summed E-state index contributed by atoms with van der Waals surface area (Å²) >= 11 is 0. The minimum Gasteiger partial charge on any atom is -0.369 e. The van der Waals surface area contributed by atoms with Crippen LogP contribution in [0.2, 0.25) is 0 Å². The largest absolute Gasteiger partial charge is 0.369 e. The molecule has 0 aliphatic carbocycles. The van der Waals surface area contributed by atoms with Gasteiger partial charge in [0, 0.05) is 17.7 Å². The molecule has 0 saturated carbocycles. The molecular formula is C15H21N5O2. The smallest absolute Gasteiger partial charge is 0.272 e. The summed E-state index contributed by atoms with van der Waals surface area (Å²) in [6.07, 6.45) is 0.714. The Morgan fingerprint density at radius 3 is 2.77 bits per heavy atom. The van der Waals surface area contributed by atoms with Crippen molar-refractivity contribution in [2.24, 2.45) is 0 Å². The van der Waals surface area contributed by atoms with E-state index in [0.29, 0.717) is 18.7 Å². The molecule has 2 atom stereocenters. The third-order valence-electron chi connectivity index (χ3n) is 4.22. The molecule has 2 aromatic rings. The lowest BCUT2D eigenvalue weighted by molar-refractivity contribution is -0.00697. The highest BCUT2D eigenvalue weighted by molar-refractivity contribution is 5.94. The van der Waals surface area contributed by atoms with Gasteiger partial charge in [-0.3, -0.25) is 15.0 Å². The summed E-state index contributed by atoms with van der Waals surface area (Å²) in [6, 6.07) is 0. The highest BCUT2D eigenvalue weighted by Gasteiger charge is 2.29. The number of aromatic nitrogens is 4. The van der Waals surface area contributed by atoms with Crippen molar-refractivity contribution in [2.45, 2.75) is 52.9 Å². The first kappa shape index (κ1) is 14.8. The summed E-state index contributed by atoms with van der Waals surface area (Å²) in [4.78, 5) is 12.4. The summed E-state index contributed by atoms with van der Waals surface area (Å²) in [5.41, 5.74) is 5.25. The van der Waals surface area contributed by atoms with Crippen molar-refractivity contribution in [3.8, 4) is 0 Å². The van der Waals surface area contributed by atoms with Crippen LogP contribution in [0.5, 0.6) is 0 Å². The summed E-state index contributed by atoms with van der Waals surface area (Å²) in [6.45, 7) is 8.30. The average Bonchev–Trinajstić information content (AvgIpc) is 3.02. The predicted octanol–water partition coefficient (Wildman–Crippen LogP) is 1.70. The summed E-state index contributed by atoms with van der Waals surface area (Å²) in [5, 5.41) is 17.1. The van der Waals surface area contributed by atoms with Gasteiger partial charge in [-0.05, 0) is 33.3 Å². The molecule has 0 radical (unpaired) electrons. The van der Waals surface area contributed by atoms with Gasteiger partial charge in [0.2, 0.25) is 0 Å². The molecule has 0 fully saturated rings. The van der Waals surface area contributed by atoms with Crippen molar-refractivity contribution in [1.29, 1.82) is 0 Å². The number of hydrogen-bond donors (Lipinski definition) is 3. The molecule has 1 aliphatic rings. The van der Waals surface area contributed by atoms with Crippen LogP contribution in [-0.4, -0.2) is 32.4 Å². The zero-order valence-electron chi connectivity index (χ0n) is 13.3. The maximum atomic E-state index is 12.4. The number of carbonyl (C=O) groups excluding carboxylic acids is 1. The van der Waals surface area contributed by atoms with E-state index in [1.54, 1.807) is 0 Å². The molecule has 7 nitrogen and oxygen atoms in total. The number of carbonyl (C=O) groups is 1. The second-order valence-corrected chi connectivity index (χ2v) is 5.86. The average molecular weight is 303 g/mol. The van der Waals surface area contributed by atoms with Crippen LogP contribution >= 0.6 is 0 Å². The molecule has 7 heteroatoms. The molecule has 3 N–H and O–H groups in total. The van der Waals surface area contributed by atoms with Crippen molar-refractivity contribution >= 4 is 5.91 Å². The van der Waals surface area contributed by atoms with Crippen molar-refractivity contribution in [3.63, 3.8) is 0 Å². The third-order valence-corrected chi connectivity index (χ3v) is 4.22. The normalized spacial score (nSPS) is 20.7. The summed E-state index contributed by atoms with van der Waals surface area (Å²) in [5.74, 6) is -0.182. The van der Waals surface area contributed by atoms with Gasteiger partial charge < -0.3 is 10.1 Å². The Hall–Kier alpha value is -2.15. The molecular weight excluding hydrogens is 282 g/mol. The number of hydrogen-bond acceptors (Lipinski definition) is 4. The van der Waals surface area contributed by atoms with Crippen molar-refractivity contribution in [3.05, 3.63) is 33.9 Å². The molecule has 3 rings (SSSR count). The molecule has 0 bridgehead atoms. The SMILES string of the molecule is Cc1[nH]nc(CNC(=O)c2n[nH]c3c2C[C@@H](C)O[C@H]3C)c1C. The zero-order valence-corrected chi connectivity index (χ0v) is 13.3. The lowest BCUT2D eigenvalue weighted by atomic mass is 9.99. The van der Waals surface area contributed by atoms with E-state index in [4.69, 9.17) is 4.74 Å². The van der Waals surface area contributed by atoms with Gasteiger partial charge in [0.05, 0.1) is 30.1 Å². The van der Waals surface area contributed by atoms with Gasteiger partial charge in [0.25, 0.3) is 5.91 Å². The molecule has 1 amide bonds. The van der Waals surface area contributed by atoms with Crippen LogP contribution in [0.1, 0.15) is 58.6 Å². The van der Waals surface area contributed by atoms with Gasteiger partial charge in [-0.2, -0.15) is 10.2 Å². The monoisotopic (exact) mass is 303 g/mol. The molecule has 1 aliphatic heterocycles. The number of nitrogens with one attached hydrogen (secondary N) is 3. The van der Waals surface area contributed by atoms with Crippen LogP contribution in [0.25, 0.3) is 0 Å². The number of rotatable bonds is 3. The van der Waals surface area contributed by atoms with Crippen LogP contribution in [0, 0.1) is 13.8 Å². The predicted molar refractivity (Wildman–Crippen MR) is 80.5 cm³/mol. The fourth-order valence-electron chi connectivity index (χ4n) is 2.82. The number of aryl methyl sites for hydroxylation is 1. The highest BCUT2D eigenvalue weighted by Crippen LogP contribution is 2.30. The van der Waals surface area contributed by atoms with Crippen LogP contribution in [0.4, 0.5) is 0 Å². The molecule has 0 saturated heterocycles. The quantitative estimate of drug-likeness (QED) is 0.804. The first-order chi connectivity index (χ1) is 10.5. The topological polar surface area (TPSA) is 95.7 Å². The minimum atomic E-state index is -0.182. The third kappa shape index (κ3) is 2.52. The second-order valence-electron chi connectivity index (χ2n) is 5.86. The Morgan fingerprint density at radius 1 is 1.32 bits per heavy atom. The van der Waals surface area contributed by atoms with Gasteiger partial charge in [0.15, 0.2) is 5.69 Å². The Morgan fingerprint density at radius 2 is 2.09 bits per heavy atom. The van der Waals surface area contributed by atoms with Gasteiger partial charge in [-0.1, -0.05) is 0 Å². The maximum Gasteiger partial charge on any atom is 0.272 e. The lowest BCUT2D eigenvalue weighted by Crippen LogP contribution is -2.27. The summed E-state index contributed by atoms with van der Waals surface area (Å²) in [7, 11) is 0. The standard InChI is InChI=1S/C15H21N5O2/c1-7-5-11-13(10(4)22-7)19-20-14(11)15(21)16-6-12-8(2)9(3)17-18-12/h7,10H,5-6H2,1-4H3,(H,16,21)(H,17,18)(H,19,20)/t7-,10+/m1/s1. The van der Waals surface area contributed by atoms with E-state index in [1.165, 1.54) is 0 Å². The number of aromatic amines is 2. The van der Waals surface area contributed by atoms with E-state index in [1.807, 2.05) is 27.7 Å². The first-order valence-corrected chi connectivity index (χ1v) is 7.48. The molecule has 2 aromatic heterocycles. The van der Waals surface area contributed by atoms with Crippen LogP contribution in [-0.2, 0) is 17.7 Å². The van der Waals surface area contributed by atoms with E-state index in [2.05, 4.69) is 25.7 Å². The number of nitrogens with zero attached hydrogens (tertiary/aromatic N) is 2. The number of fused-ring (bicyclic) bond motifs is 1. The van der Waals surface area contributed by atoms with E-state index in [0.717, 1.165) is 28.2 Å². The fraction of sp³-hybridized carbons (Fsp3) is 0.533. The van der Waals surface area contributed by atoms with Crippen molar-refractivity contribution in [1.82, 2.24) is 25.7 Å². The van der Waals surface area contributed by atoms with Crippen molar-refractivity contribution in [2.75, 3.05) is 0 Å². The van der Waals surface area contributed by atoms with Gasteiger partial charge in [-0.25, -0.2) is 0 Å². The van der Waals surface area contributed by atoms with Crippen LogP contribution in [0.15, 0.2) is 0 Å². The van der Waals surface area contributed by atoms with E-state index in [9.17, 15) is 4.79 Å². The maximum absolute atomic E-state index is 12.4. The Kier molecular flexibility index (Phi) is 3.74. The van der Waals surface area contributed by atoms with Gasteiger partial charge in [0.1, 0.15) is 0 Å². The molecule has 22 heavy (non-hydrogen) atoms. The Labute approximate surface area is 128 Å². The fourth-order valence-corrected chi connectivity index (χ4v) is 2.82. The van der Waals surface area contributed by atoms with Crippen LogP contribution in [0.3, 0.4) is 0 Å². The number of H-pyrrole nitrogens is 2. The van der Waals surface area contributed by atoms with Crippen molar-refractivity contribution < 1.29 is 9.53 Å². The molecule has 0 spiro atoms. The zero-order chi connectivity index (χ0) is 15.9. The minimum absolute atomic E-state index is 0.0657. The second kappa shape index (κ2) is 5.57. The Balaban J connectivity index is 1.75. The van der Waals surface area contributed by atoms with E-state index in [-0.39, 0.29) is 18.1 Å². The van der Waals surface area contributed by atoms with Gasteiger partial charge in [-0.15, -0.1) is 0 Å². The first-order valence-electron chi connectivity index (χ1n) is 7.48. The molecule has 0 unspecified atom stereocenters. The number of ether oxygens (including phenoxy) is 1. The summed E-state index contributed by atoms with van der Waals surface area (Å²) < 4.78 is 5.74. The highest BCUT2D eigenvalue weighted by atomic mass is 16.5. The Bertz CT molecular complexity index is 703. The van der Waals surface area contributed by atoms with Gasteiger partial charge >= 0.3 is 0 Å². The number of amides is 1.